The van der Waals surface area contributed by atoms with E-state index in [1.807, 2.05) is 31.2 Å². The number of carbonyl (C=O) groups excluding carboxylic acids is 2. The number of hydrogen-bond acceptors (Lipinski definition) is 4. The average molecular weight is 437 g/mol. The Morgan fingerprint density at radius 2 is 1.72 bits per heavy atom. The lowest BCUT2D eigenvalue weighted by atomic mass is 9.98. The van der Waals surface area contributed by atoms with E-state index in [1.165, 1.54) is 0 Å². The molecule has 4 rings (SSSR count). The molecule has 1 saturated heterocycles. The molecule has 2 aromatic rings. The number of carbonyl (C=O) groups is 3. The minimum Gasteiger partial charge on any atom is -0.481 e. The molecular weight excluding hydrogens is 408 g/mol. The number of carboxylic acids is 1. The molecule has 2 N–H and O–H groups in total. The zero-order chi connectivity index (χ0) is 22.7. The van der Waals surface area contributed by atoms with Crippen LogP contribution in [0.15, 0.2) is 48.5 Å². The Labute approximate surface area is 187 Å². The smallest absolute Gasteiger partial charge is 0.407 e. The van der Waals surface area contributed by atoms with Crippen LogP contribution in [0.4, 0.5) is 4.79 Å². The highest BCUT2D eigenvalue weighted by Crippen LogP contribution is 2.44. The first kappa shape index (κ1) is 21.9. The molecule has 2 aliphatic rings. The summed E-state index contributed by atoms with van der Waals surface area (Å²) in [6, 6.07) is 15.1. The number of likely N-dealkylation sites (tertiary alicyclic amines) is 1. The SMILES string of the molecule is CCC(NC(=O)OCC1c2ccccc2-c2ccccc21)C(=O)N1CCC[C@@H]1CC(=O)O. The Kier molecular flexibility index (Phi) is 6.44. The third-order valence-electron chi connectivity index (χ3n) is 6.41. The summed E-state index contributed by atoms with van der Waals surface area (Å²) in [5.41, 5.74) is 4.55. The van der Waals surface area contributed by atoms with Gasteiger partial charge in [0.15, 0.2) is 0 Å². The number of carboxylic acid groups (broad SMARTS) is 1. The molecule has 0 saturated carbocycles. The predicted molar refractivity (Wildman–Crippen MR) is 119 cm³/mol. The monoisotopic (exact) mass is 436 g/mol. The fraction of sp³-hybridized carbons (Fsp3) is 0.400. The van der Waals surface area contributed by atoms with Gasteiger partial charge < -0.3 is 20.1 Å². The van der Waals surface area contributed by atoms with Crippen LogP contribution in [0.2, 0.25) is 0 Å². The number of benzene rings is 2. The van der Waals surface area contributed by atoms with Crippen LogP contribution in [-0.4, -0.2) is 53.2 Å². The van der Waals surface area contributed by atoms with Crippen LogP contribution >= 0.6 is 0 Å². The molecule has 1 unspecified atom stereocenters. The summed E-state index contributed by atoms with van der Waals surface area (Å²) < 4.78 is 5.56. The van der Waals surface area contributed by atoms with Crippen LogP contribution < -0.4 is 5.32 Å². The van der Waals surface area contributed by atoms with E-state index in [-0.39, 0.29) is 30.9 Å². The number of nitrogens with zero attached hydrogens (tertiary/aromatic N) is 1. The van der Waals surface area contributed by atoms with Crippen molar-refractivity contribution in [2.45, 2.75) is 50.6 Å². The molecule has 7 heteroatoms. The lowest BCUT2D eigenvalue weighted by molar-refractivity contribution is -0.140. The van der Waals surface area contributed by atoms with Crippen LogP contribution in [0.1, 0.15) is 49.7 Å². The molecule has 2 atom stereocenters. The largest absolute Gasteiger partial charge is 0.481 e. The van der Waals surface area contributed by atoms with Gasteiger partial charge in [0.25, 0.3) is 0 Å². The number of rotatable bonds is 7. The standard InChI is InChI=1S/C25H28N2O5/c1-2-22(24(30)27-13-7-8-16(27)14-23(28)29)26-25(31)32-15-21-19-11-5-3-9-17(19)18-10-4-6-12-20(18)21/h3-6,9-12,16,21-22H,2,7-8,13-15H2,1H3,(H,26,31)(H,28,29)/t16-,22?/m1/s1. The molecule has 0 aromatic heterocycles. The third kappa shape index (κ3) is 4.33. The summed E-state index contributed by atoms with van der Waals surface area (Å²) >= 11 is 0. The topological polar surface area (TPSA) is 95.9 Å². The number of alkyl carbamates (subject to hydrolysis) is 1. The molecule has 0 radical (unpaired) electrons. The van der Waals surface area contributed by atoms with Gasteiger partial charge >= 0.3 is 12.1 Å². The van der Waals surface area contributed by atoms with Crippen molar-refractivity contribution in [3.63, 3.8) is 0 Å². The fourth-order valence-electron chi connectivity index (χ4n) is 4.86. The second-order valence-corrected chi connectivity index (χ2v) is 8.36. The number of ether oxygens (including phenoxy) is 1. The average Bonchev–Trinajstić information content (AvgIpc) is 3.37. The first-order valence-corrected chi connectivity index (χ1v) is 11.1. The van der Waals surface area contributed by atoms with E-state index in [0.29, 0.717) is 19.4 Å². The van der Waals surface area contributed by atoms with Crippen LogP contribution in [0.3, 0.4) is 0 Å². The number of amides is 2. The molecule has 7 nitrogen and oxygen atoms in total. The van der Waals surface area contributed by atoms with Crippen LogP contribution in [0.25, 0.3) is 11.1 Å². The van der Waals surface area contributed by atoms with Gasteiger partial charge in [0.05, 0.1) is 6.42 Å². The highest BCUT2D eigenvalue weighted by molar-refractivity contribution is 5.86. The number of aliphatic carboxylic acids is 1. The van der Waals surface area contributed by atoms with Gasteiger partial charge in [-0.3, -0.25) is 9.59 Å². The van der Waals surface area contributed by atoms with E-state index in [9.17, 15) is 14.4 Å². The van der Waals surface area contributed by atoms with Crippen molar-refractivity contribution in [3.05, 3.63) is 59.7 Å². The van der Waals surface area contributed by atoms with Crippen molar-refractivity contribution in [2.24, 2.45) is 0 Å². The Bertz CT molecular complexity index is 975. The molecule has 1 aliphatic carbocycles. The molecule has 1 aliphatic heterocycles. The molecule has 2 amide bonds. The highest BCUT2D eigenvalue weighted by atomic mass is 16.5. The van der Waals surface area contributed by atoms with Gasteiger partial charge in [0, 0.05) is 18.5 Å². The third-order valence-corrected chi connectivity index (χ3v) is 6.41. The van der Waals surface area contributed by atoms with Gasteiger partial charge in [-0.15, -0.1) is 0 Å². The maximum atomic E-state index is 13.0. The number of nitrogens with one attached hydrogen (secondary N) is 1. The van der Waals surface area contributed by atoms with E-state index >= 15 is 0 Å². The van der Waals surface area contributed by atoms with Crippen LogP contribution in [0.5, 0.6) is 0 Å². The fourth-order valence-corrected chi connectivity index (χ4v) is 4.86. The molecule has 2 aromatic carbocycles. The summed E-state index contributed by atoms with van der Waals surface area (Å²) in [5, 5.41) is 11.8. The molecule has 0 bridgehead atoms. The first-order valence-electron chi connectivity index (χ1n) is 11.1. The maximum absolute atomic E-state index is 13.0. The van der Waals surface area contributed by atoms with Gasteiger partial charge in [-0.1, -0.05) is 55.5 Å². The van der Waals surface area contributed by atoms with Crippen LogP contribution in [0, 0.1) is 0 Å². The minimum absolute atomic E-state index is 0.0533. The summed E-state index contributed by atoms with van der Waals surface area (Å²) in [7, 11) is 0. The second-order valence-electron chi connectivity index (χ2n) is 8.36. The van der Waals surface area contributed by atoms with Crippen molar-refractivity contribution in [3.8, 4) is 11.1 Å². The van der Waals surface area contributed by atoms with Gasteiger partial charge in [-0.2, -0.15) is 0 Å². The molecule has 168 valence electrons. The number of hydrogen-bond donors (Lipinski definition) is 2. The molecule has 1 fully saturated rings. The summed E-state index contributed by atoms with van der Waals surface area (Å²) in [5.74, 6) is -1.22. The quantitative estimate of drug-likeness (QED) is 0.689. The summed E-state index contributed by atoms with van der Waals surface area (Å²) in [4.78, 5) is 38.2. The Morgan fingerprint density at radius 3 is 2.31 bits per heavy atom. The maximum Gasteiger partial charge on any atom is 0.407 e. The summed E-state index contributed by atoms with van der Waals surface area (Å²) in [6.07, 6.45) is 1.12. The van der Waals surface area contributed by atoms with Crippen LogP contribution in [-0.2, 0) is 14.3 Å². The minimum atomic E-state index is -0.924. The molecular formula is C25H28N2O5. The van der Waals surface area contributed by atoms with Crippen molar-refractivity contribution in [1.29, 1.82) is 0 Å². The lowest BCUT2D eigenvalue weighted by Gasteiger charge is -2.28. The van der Waals surface area contributed by atoms with E-state index in [1.54, 1.807) is 4.90 Å². The van der Waals surface area contributed by atoms with Gasteiger partial charge in [-0.05, 0) is 41.5 Å². The molecule has 0 spiro atoms. The predicted octanol–water partition coefficient (Wildman–Crippen LogP) is 3.77. The van der Waals surface area contributed by atoms with Crippen molar-refractivity contribution >= 4 is 18.0 Å². The van der Waals surface area contributed by atoms with Crippen molar-refractivity contribution in [2.75, 3.05) is 13.2 Å². The molecule has 1 heterocycles. The van der Waals surface area contributed by atoms with Gasteiger partial charge in [0.1, 0.15) is 12.6 Å². The van der Waals surface area contributed by atoms with E-state index in [4.69, 9.17) is 9.84 Å². The Morgan fingerprint density at radius 1 is 1.09 bits per heavy atom. The summed E-state index contributed by atoms with van der Waals surface area (Å²) in [6.45, 7) is 2.50. The van der Waals surface area contributed by atoms with E-state index in [0.717, 1.165) is 28.7 Å². The van der Waals surface area contributed by atoms with Crippen molar-refractivity contribution in [1.82, 2.24) is 10.2 Å². The van der Waals surface area contributed by atoms with Crippen molar-refractivity contribution < 1.29 is 24.2 Å². The Balaban J connectivity index is 1.39. The second kappa shape index (κ2) is 9.42. The normalized spacial score (nSPS) is 18.0. The lowest BCUT2D eigenvalue weighted by Crippen LogP contribution is -2.50. The zero-order valence-corrected chi connectivity index (χ0v) is 18.1. The van der Waals surface area contributed by atoms with Gasteiger partial charge in [0.2, 0.25) is 5.91 Å². The first-order chi connectivity index (χ1) is 15.5. The Hall–Kier alpha value is -3.35. The van der Waals surface area contributed by atoms with E-state index < -0.39 is 18.1 Å². The van der Waals surface area contributed by atoms with Gasteiger partial charge in [-0.25, -0.2) is 4.79 Å². The highest BCUT2D eigenvalue weighted by Gasteiger charge is 2.35. The molecule has 32 heavy (non-hydrogen) atoms. The number of fused-ring (bicyclic) bond motifs is 3. The zero-order valence-electron chi connectivity index (χ0n) is 18.1. The van der Waals surface area contributed by atoms with E-state index in [2.05, 4.69) is 29.6 Å².